The number of rotatable bonds is 2. The molecule has 0 aliphatic carbocycles. The van der Waals surface area contributed by atoms with Gasteiger partial charge in [0.05, 0.1) is 39.5 Å². The Bertz CT molecular complexity index is 1380. The van der Waals surface area contributed by atoms with E-state index in [1.54, 1.807) is 28.4 Å². The lowest BCUT2D eigenvalue weighted by Crippen LogP contribution is -2.40. The van der Waals surface area contributed by atoms with E-state index in [9.17, 15) is 4.79 Å². The highest BCUT2D eigenvalue weighted by Gasteiger charge is 2.37. The average Bonchev–Trinajstić information content (AvgIpc) is 3.49. The lowest BCUT2D eigenvalue weighted by atomic mass is 10.0. The van der Waals surface area contributed by atoms with Gasteiger partial charge in [-0.2, -0.15) is 5.10 Å². The number of thiazole rings is 1. The van der Waals surface area contributed by atoms with Crippen LogP contribution >= 0.6 is 11.3 Å². The molecule has 148 valence electrons. The van der Waals surface area contributed by atoms with Crippen molar-refractivity contribution in [3.05, 3.63) is 82.6 Å². The van der Waals surface area contributed by atoms with Gasteiger partial charge in [-0.05, 0) is 30.7 Å². The lowest BCUT2D eigenvalue weighted by molar-refractivity contribution is 0.0692. The number of carbonyl (C=O) groups excluding carboxylic acids is 1. The lowest BCUT2D eigenvalue weighted by Gasteiger charge is -2.33. The zero-order chi connectivity index (χ0) is 20.2. The van der Waals surface area contributed by atoms with Crippen LogP contribution in [0.25, 0.3) is 15.7 Å². The minimum atomic E-state index is -0.315. The molecule has 0 spiro atoms. The normalized spacial score (nSPS) is 16.3. The zero-order valence-electron chi connectivity index (χ0n) is 16.2. The molecular weight excluding hydrogens is 396 g/mol. The molecule has 0 bridgehead atoms. The smallest absolute Gasteiger partial charge is 0.258 e. The fourth-order valence-electron chi connectivity index (χ4n) is 4.16. The topological polar surface area (TPSA) is 79.2 Å². The van der Waals surface area contributed by atoms with Gasteiger partial charge in [-0.3, -0.25) is 4.79 Å². The number of H-pyrrole nitrogens is 1. The van der Waals surface area contributed by atoms with Gasteiger partial charge < -0.3 is 9.88 Å². The molecule has 0 unspecified atom stereocenters. The predicted octanol–water partition coefficient (Wildman–Crippen LogP) is 3.76. The van der Waals surface area contributed by atoms with E-state index in [2.05, 4.69) is 21.1 Å². The molecule has 0 radical (unpaired) electrons. The first-order valence-corrected chi connectivity index (χ1v) is 10.6. The number of amides is 1. The predicted molar refractivity (Wildman–Crippen MR) is 115 cm³/mol. The summed E-state index contributed by atoms with van der Waals surface area (Å²) in [6.07, 6.45) is 6.03. The summed E-state index contributed by atoms with van der Waals surface area (Å²) >= 11 is 1.62. The SMILES string of the molecule is Cc1ccc2c(C(=O)N3CCc4[nH]cnc4[C@H]3c3nc4ccccc4s3)cnn2c1. The van der Waals surface area contributed by atoms with Gasteiger partial charge in [0.15, 0.2) is 0 Å². The van der Waals surface area contributed by atoms with Crippen molar-refractivity contribution >= 4 is 33.0 Å². The monoisotopic (exact) mass is 414 g/mol. The van der Waals surface area contributed by atoms with Crippen LogP contribution in [0.4, 0.5) is 0 Å². The van der Waals surface area contributed by atoms with Crippen LogP contribution in [0.15, 0.2) is 55.1 Å². The molecular formula is C22H18N6OS. The molecule has 1 atom stereocenters. The molecule has 1 aliphatic heterocycles. The first kappa shape index (κ1) is 17.3. The third-order valence-corrected chi connectivity index (χ3v) is 6.71. The second kappa shape index (κ2) is 6.50. The number of nitrogens with zero attached hydrogens (tertiary/aromatic N) is 5. The Balaban J connectivity index is 1.48. The second-order valence-corrected chi connectivity index (χ2v) is 8.59. The average molecular weight is 414 g/mol. The standard InChI is InChI=1S/C22H18N6OS/c1-13-6-7-17-14(10-25-28(17)11-13)22(29)27-9-8-16-19(24-12-23-16)20(27)21-26-15-4-2-3-5-18(15)30-21/h2-7,10-12,20H,8-9H2,1H3,(H,23,24)/t20-/m0/s1. The minimum absolute atomic E-state index is 0.0493. The molecule has 1 aromatic carbocycles. The van der Waals surface area contributed by atoms with Gasteiger partial charge in [0.2, 0.25) is 0 Å². The van der Waals surface area contributed by atoms with Crippen LogP contribution in [-0.2, 0) is 6.42 Å². The molecule has 0 saturated carbocycles. The van der Waals surface area contributed by atoms with Crippen molar-refractivity contribution in [3.63, 3.8) is 0 Å². The summed E-state index contributed by atoms with van der Waals surface area (Å²) in [6.45, 7) is 2.60. The van der Waals surface area contributed by atoms with E-state index in [0.717, 1.165) is 44.1 Å². The molecule has 7 nitrogen and oxygen atoms in total. The minimum Gasteiger partial charge on any atom is -0.348 e. The molecule has 30 heavy (non-hydrogen) atoms. The number of pyridine rings is 1. The van der Waals surface area contributed by atoms with Crippen LogP contribution in [0, 0.1) is 6.92 Å². The van der Waals surface area contributed by atoms with Gasteiger partial charge in [-0.15, -0.1) is 11.3 Å². The Morgan fingerprint density at radius 2 is 2.13 bits per heavy atom. The van der Waals surface area contributed by atoms with Crippen molar-refractivity contribution in [2.75, 3.05) is 6.54 Å². The first-order chi connectivity index (χ1) is 14.7. The zero-order valence-corrected chi connectivity index (χ0v) is 17.1. The number of nitrogens with one attached hydrogen (secondary N) is 1. The summed E-state index contributed by atoms with van der Waals surface area (Å²) in [5, 5.41) is 5.28. The van der Waals surface area contributed by atoms with E-state index in [4.69, 9.17) is 4.98 Å². The highest BCUT2D eigenvalue weighted by atomic mass is 32.1. The third kappa shape index (κ3) is 2.57. The Morgan fingerprint density at radius 3 is 3.03 bits per heavy atom. The molecule has 1 N–H and O–H groups in total. The van der Waals surface area contributed by atoms with Crippen LogP contribution in [0.2, 0.25) is 0 Å². The van der Waals surface area contributed by atoms with E-state index in [1.807, 2.05) is 48.4 Å². The van der Waals surface area contributed by atoms with Crippen LogP contribution in [0.1, 0.15) is 38.4 Å². The molecule has 8 heteroatoms. The summed E-state index contributed by atoms with van der Waals surface area (Å²) in [6, 6.07) is 11.7. The molecule has 1 amide bonds. The highest BCUT2D eigenvalue weighted by molar-refractivity contribution is 7.18. The number of aromatic nitrogens is 5. The van der Waals surface area contributed by atoms with Crippen molar-refractivity contribution < 1.29 is 4.79 Å². The number of hydrogen-bond acceptors (Lipinski definition) is 5. The quantitative estimate of drug-likeness (QED) is 0.477. The molecule has 6 rings (SSSR count). The van der Waals surface area contributed by atoms with Crippen molar-refractivity contribution in [3.8, 4) is 0 Å². The number of benzene rings is 1. The van der Waals surface area contributed by atoms with Gasteiger partial charge in [0.25, 0.3) is 5.91 Å². The number of para-hydroxylation sites is 1. The Morgan fingerprint density at radius 1 is 1.23 bits per heavy atom. The Kier molecular flexibility index (Phi) is 3.76. The number of fused-ring (bicyclic) bond motifs is 3. The Hall–Kier alpha value is -3.52. The van der Waals surface area contributed by atoms with Gasteiger partial charge in [-0.1, -0.05) is 18.2 Å². The maximum absolute atomic E-state index is 13.7. The Labute approximate surface area is 176 Å². The number of carbonyl (C=O) groups is 1. The molecule has 5 heterocycles. The fraction of sp³-hybridized carbons (Fsp3) is 0.182. The maximum atomic E-state index is 13.7. The molecule has 5 aromatic rings. The second-order valence-electron chi connectivity index (χ2n) is 7.53. The molecule has 4 aromatic heterocycles. The van der Waals surface area contributed by atoms with E-state index < -0.39 is 0 Å². The van der Waals surface area contributed by atoms with Gasteiger partial charge >= 0.3 is 0 Å². The van der Waals surface area contributed by atoms with Crippen LogP contribution in [-0.4, -0.2) is 41.9 Å². The van der Waals surface area contributed by atoms with Crippen molar-refractivity contribution in [1.29, 1.82) is 0 Å². The van der Waals surface area contributed by atoms with Crippen LogP contribution in [0.5, 0.6) is 0 Å². The van der Waals surface area contributed by atoms with Gasteiger partial charge in [0.1, 0.15) is 11.0 Å². The first-order valence-electron chi connectivity index (χ1n) is 9.81. The van der Waals surface area contributed by atoms with E-state index >= 15 is 0 Å². The van der Waals surface area contributed by atoms with E-state index in [-0.39, 0.29) is 11.9 Å². The number of imidazole rings is 1. The largest absolute Gasteiger partial charge is 0.348 e. The third-order valence-electron chi connectivity index (χ3n) is 5.62. The van der Waals surface area contributed by atoms with Gasteiger partial charge in [0, 0.05) is 24.9 Å². The summed E-state index contributed by atoms with van der Waals surface area (Å²) < 4.78 is 2.87. The maximum Gasteiger partial charge on any atom is 0.258 e. The number of hydrogen-bond donors (Lipinski definition) is 1. The summed E-state index contributed by atoms with van der Waals surface area (Å²) in [5.41, 5.74) is 5.39. The molecule has 1 aliphatic rings. The summed E-state index contributed by atoms with van der Waals surface area (Å²) in [4.78, 5) is 28.2. The van der Waals surface area contributed by atoms with E-state index in [1.165, 1.54) is 0 Å². The summed E-state index contributed by atoms with van der Waals surface area (Å²) in [7, 11) is 0. The fourth-order valence-corrected chi connectivity index (χ4v) is 5.24. The highest BCUT2D eigenvalue weighted by Crippen LogP contribution is 2.38. The van der Waals surface area contributed by atoms with Crippen molar-refractivity contribution in [2.24, 2.45) is 0 Å². The van der Waals surface area contributed by atoms with E-state index in [0.29, 0.717) is 12.1 Å². The molecule has 0 fully saturated rings. The molecule has 0 saturated heterocycles. The number of aryl methyl sites for hydroxylation is 1. The summed E-state index contributed by atoms with van der Waals surface area (Å²) in [5.74, 6) is -0.0493. The van der Waals surface area contributed by atoms with Crippen LogP contribution < -0.4 is 0 Å². The van der Waals surface area contributed by atoms with Crippen molar-refractivity contribution in [1.82, 2.24) is 29.5 Å². The van der Waals surface area contributed by atoms with Crippen LogP contribution in [0.3, 0.4) is 0 Å². The number of aromatic amines is 1. The van der Waals surface area contributed by atoms with Gasteiger partial charge in [-0.25, -0.2) is 14.5 Å². The van der Waals surface area contributed by atoms with Crippen molar-refractivity contribution in [2.45, 2.75) is 19.4 Å².